The number of nitrogens with zero attached hydrogens (tertiary/aromatic N) is 1. The van der Waals surface area contributed by atoms with Crippen molar-refractivity contribution in [3.05, 3.63) is 0 Å². The summed E-state index contributed by atoms with van der Waals surface area (Å²) in [6.45, 7) is 1.55. The van der Waals surface area contributed by atoms with Crippen molar-refractivity contribution < 1.29 is 4.79 Å². The number of halogens is 2. The van der Waals surface area contributed by atoms with Crippen LogP contribution in [-0.2, 0) is 4.79 Å². The van der Waals surface area contributed by atoms with Crippen LogP contribution in [0.25, 0.3) is 0 Å². The van der Waals surface area contributed by atoms with Gasteiger partial charge in [-0.1, -0.05) is 0 Å². The van der Waals surface area contributed by atoms with E-state index >= 15 is 0 Å². The molecule has 1 atom stereocenters. The smallest absolute Gasteiger partial charge is 0.222 e. The maximum absolute atomic E-state index is 10.9. The Kier molecular flexibility index (Phi) is 7.89. The van der Waals surface area contributed by atoms with Crippen LogP contribution in [0.15, 0.2) is 0 Å². The third kappa shape index (κ3) is 3.61. The summed E-state index contributed by atoms with van der Waals surface area (Å²) in [7, 11) is 1.84. The van der Waals surface area contributed by atoms with E-state index in [1.54, 1.807) is 4.90 Å². The molecule has 0 aliphatic carbocycles. The highest BCUT2D eigenvalue weighted by Gasteiger charge is 2.20. The maximum atomic E-state index is 10.9. The molecule has 0 aromatic rings. The number of piperidine rings is 1. The molecule has 0 radical (unpaired) electrons. The van der Waals surface area contributed by atoms with Gasteiger partial charge in [-0.2, -0.15) is 0 Å². The van der Waals surface area contributed by atoms with Crippen LogP contribution in [0.5, 0.6) is 0 Å². The number of nitrogens with two attached hydrogens (primary N) is 1. The number of hydrogen-bond donors (Lipinski definition) is 1. The van der Waals surface area contributed by atoms with E-state index in [-0.39, 0.29) is 30.7 Å². The standard InChI is InChI=1S/C7H14N2O.2ClH/c1-9-5-6(4-8)2-3-7(9)10;;/h6H,2-5,8H2,1H3;2*1H. The summed E-state index contributed by atoms with van der Waals surface area (Å²) in [5.41, 5.74) is 5.47. The third-order valence-electron chi connectivity index (χ3n) is 2.06. The fourth-order valence-corrected chi connectivity index (χ4v) is 1.29. The number of amides is 1. The molecule has 1 fully saturated rings. The quantitative estimate of drug-likeness (QED) is 0.698. The molecular formula is C7H16Cl2N2O. The highest BCUT2D eigenvalue weighted by atomic mass is 35.5. The van der Waals surface area contributed by atoms with Crippen molar-refractivity contribution in [1.29, 1.82) is 0 Å². The largest absolute Gasteiger partial charge is 0.345 e. The fraction of sp³-hybridized carbons (Fsp3) is 0.857. The second kappa shape index (κ2) is 6.52. The van der Waals surface area contributed by atoms with Crippen LogP contribution in [0.1, 0.15) is 12.8 Å². The van der Waals surface area contributed by atoms with E-state index in [1.807, 2.05) is 7.05 Å². The van der Waals surface area contributed by atoms with Crippen LogP contribution in [0.4, 0.5) is 0 Å². The van der Waals surface area contributed by atoms with Gasteiger partial charge in [-0.25, -0.2) is 0 Å². The minimum atomic E-state index is 0. The number of carbonyl (C=O) groups excluding carboxylic acids is 1. The highest BCUT2D eigenvalue weighted by molar-refractivity contribution is 5.85. The van der Waals surface area contributed by atoms with E-state index in [4.69, 9.17) is 5.73 Å². The molecular weight excluding hydrogens is 199 g/mol. The molecule has 1 saturated heterocycles. The Hall–Kier alpha value is 0.01000. The monoisotopic (exact) mass is 214 g/mol. The van der Waals surface area contributed by atoms with Gasteiger partial charge in [-0.05, 0) is 18.9 Å². The molecule has 2 N–H and O–H groups in total. The van der Waals surface area contributed by atoms with Crippen LogP contribution >= 0.6 is 24.8 Å². The lowest BCUT2D eigenvalue weighted by atomic mass is 9.98. The van der Waals surface area contributed by atoms with Gasteiger partial charge in [-0.15, -0.1) is 24.8 Å². The molecule has 1 amide bonds. The van der Waals surface area contributed by atoms with Gasteiger partial charge in [0.1, 0.15) is 0 Å². The minimum Gasteiger partial charge on any atom is -0.345 e. The lowest BCUT2D eigenvalue weighted by molar-refractivity contribution is -0.133. The summed E-state index contributed by atoms with van der Waals surface area (Å²) in [5.74, 6) is 0.785. The van der Waals surface area contributed by atoms with Crippen LogP contribution in [0, 0.1) is 5.92 Å². The highest BCUT2D eigenvalue weighted by Crippen LogP contribution is 2.14. The molecule has 1 aliphatic heterocycles. The first-order valence-corrected chi connectivity index (χ1v) is 3.68. The van der Waals surface area contributed by atoms with Gasteiger partial charge in [0.25, 0.3) is 0 Å². The molecule has 1 unspecified atom stereocenters. The van der Waals surface area contributed by atoms with Gasteiger partial charge in [0.05, 0.1) is 0 Å². The zero-order chi connectivity index (χ0) is 7.56. The molecule has 0 spiro atoms. The van der Waals surface area contributed by atoms with Gasteiger partial charge in [0.2, 0.25) is 5.91 Å². The predicted molar refractivity (Wildman–Crippen MR) is 53.9 cm³/mol. The minimum absolute atomic E-state index is 0. The normalized spacial score (nSPS) is 22.7. The first kappa shape index (κ1) is 14.5. The van der Waals surface area contributed by atoms with Gasteiger partial charge in [-0.3, -0.25) is 4.79 Å². The molecule has 0 saturated carbocycles. The maximum Gasteiger partial charge on any atom is 0.222 e. The van der Waals surface area contributed by atoms with Crippen LogP contribution in [0.3, 0.4) is 0 Å². The average molecular weight is 215 g/mol. The summed E-state index contributed by atoms with van der Waals surface area (Å²) in [5, 5.41) is 0. The molecule has 1 aliphatic rings. The Labute approximate surface area is 85.5 Å². The van der Waals surface area contributed by atoms with Gasteiger partial charge < -0.3 is 10.6 Å². The zero-order valence-electron chi connectivity index (χ0n) is 7.16. The molecule has 0 bridgehead atoms. The Morgan fingerprint density at radius 1 is 1.58 bits per heavy atom. The Bertz CT molecular complexity index is 143. The average Bonchev–Trinajstić information content (AvgIpc) is 1.95. The fourth-order valence-electron chi connectivity index (χ4n) is 1.29. The van der Waals surface area contributed by atoms with Crippen molar-refractivity contribution >= 4 is 30.7 Å². The third-order valence-corrected chi connectivity index (χ3v) is 2.06. The molecule has 1 rings (SSSR count). The SMILES string of the molecule is CN1CC(CN)CCC1=O.Cl.Cl. The van der Waals surface area contributed by atoms with Crippen molar-refractivity contribution in [2.45, 2.75) is 12.8 Å². The van der Waals surface area contributed by atoms with E-state index in [9.17, 15) is 4.79 Å². The van der Waals surface area contributed by atoms with Crippen molar-refractivity contribution in [2.24, 2.45) is 11.7 Å². The van der Waals surface area contributed by atoms with Crippen LogP contribution in [-0.4, -0.2) is 30.9 Å². The van der Waals surface area contributed by atoms with E-state index in [2.05, 4.69) is 0 Å². The summed E-state index contributed by atoms with van der Waals surface area (Å²) >= 11 is 0. The van der Waals surface area contributed by atoms with Gasteiger partial charge in [0.15, 0.2) is 0 Å². The Morgan fingerprint density at radius 3 is 2.58 bits per heavy atom. The summed E-state index contributed by atoms with van der Waals surface area (Å²) in [4.78, 5) is 12.7. The van der Waals surface area contributed by atoms with Crippen molar-refractivity contribution in [1.82, 2.24) is 4.90 Å². The van der Waals surface area contributed by atoms with E-state index in [0.717, 1.165) is 13.0 Å². The molecule has 12 heavy (non-hydrogen) atoms. The van der Waals surface area contributed by atoms with E-state index in [0.29, 0.717) is 18.9 Å². The number of carbonyl (C=O) groups is 1. The van der Waals surface area contributed by atoms with Gasteiger partial charge >= 0.3 is 0 Å². The van der Waals surface area contributed by atoms with E-state index in [1.165, 1.54) is 0 Å². The first-order chi connectivity index (χ1) is 4.74. The molecule has 74 valence electrons. The topological polar surface area (TPSA) is 46.3 Å². The lowest BCUT2D eigenvalue weighted by Gasteiger charge is -2.28. The number of likely N-dealkylation sites (tertiary alicyclic amines) is 1. The summed E-state index contributed by atoms with van der Waals surface area (Å²) in [6, 6.07) is 0. The summed E-state index contributed by atoms with van der Waals surface area (Å²) in [6.07, 6.45) is 1.65. The predicted octanol–water partition coefficient (Wildman–Crippen LogP) is 0.657. The van der Waals surface area contributed by atoms with Crippen molar-refractivity contribution in [2.75, 3.05) is 20.1 Å². The van der Waals surface area contributed by atoms with E-state index < -0.39 is 0 Å². The second-order valence-corrected chi connectivity index (χ2v) is 2.91. The van der Waals surface area contributed by atoms with Gasteiger partial charge in [0, 0.05) is 20.0 Å². The molecule has 5 heteroatoms. The molecule has 1 heterocycles. The van der Waals surface area contributed by atoms with Crippen molar-refractivity contribution in [3.63, 3.8) is 0 Å². The lowest BCUT2D eigenvalue weighted by Crippen LogP contribution is -2.39. The Morgan fingerprint density at radius 2 is 2.17 bits per heavy atom. The van der Waals surface area contributed by atoms with Crippen molar-refractivity contribution in [3.8, 4) is 0 Å². The first-order valence-electron chi connectivity index (χ1n) is 3.68. The Balaban J connectivity index is 0. The summed E-state index contributed by atoms with van der Waals surface area (Å²) < 4.78 is 0. The molecule has 0 aromatic carbocycles. The molecule has 0 aromatic heterocycles. The van der Waals surface area contributed by atoms with Crippen LogP contribution in [0.2, 0.25) is 0 Å². The zero-order valence-corrected chi connectivity index (χ0v) is 8.79. The number of hydrogen-bond acceptors (Lipinski definition) is 2. The molecule has 3 nitrogen and oxygen atoms in total. The number of rotatable bonds is 1. The second-order valence-electron chi connectivity index (χ2n) is 2.91. The van der Waals surface area contributed by atoms with Crippen LogP contribution < -0.4 is 5.73 Å².